The van der Waals surface area contributed by atoms with Crippen molar-refractivity contribution in [1.29, 1.82) is 0 Å². The Morgan fingerprint density at radius 1 is 1.00 bits per heavy atom. The molecule has 1 aliphatic carbocycles. The zero-order valence-corrected chi connectivity index (χ0v) is 19.9. The summed E-state index contributed by atoms with van der Waals surface area (Å²) in [5.41, 5.74) is 4.30. The Bertz CT molecular complexity index is 899. The van der Waals surface area contributed by atoms with E-state index < -0.39 is 0 Å². The van der Waals surface area contributed by atoms with Gasteiger partial charge in [-0.05, 0) is 70.3 Å². The lowest BCUT2D eigenvalue weighted by Crippen LogP contribution is -2.49. The van der Waals surface area contributed by atoms with Crippen LogP contribution in [0.25, 0.3) is 10.9 Å². The molecule has 1 atom stereocenters. The molecule has 0 spiro atoms. The van der Waals surface area contributed by atoms with Crippen LogP contribution >= 0.6 is 24.8 Å². The second kappa shape index (κ2) is 10.7. The largest absolute Gasteiger partial charge is 0.361 e. The molecule has 1 aromatic heterocycles. The summed E-state index contributed by atoms with van der Waals surface area (Å²) in [5.74, 6) is 0. The molecule has 5 heteroatoms. The summed E-state index contributed by atoms with van der Waals surface area (Å²) in [5, 5.41) is 5.27. The van der Waals surface area contributed by atoms with Gasteiger partial charge in [0.2, 0.25) is 0 Å². The molecule has 4 rings (SSSR count). The van der Waals surface area contributed by atoms with Crippen molar-refractivity contribution in [3.8, 4) is 0 Å². The van der Waals surface area contributed by atoms with Crippen molar-refractivity contribution in [2.75, 3.05) is 14.1 Å². The van der Waals surface area contributed by atoms with Gasteiger partial charge in [-0.25, -0.2) is 0 Å². The average Bonchev–Trinajstić information content (AvgIpc) is 3.12. The first-order valence-electron chi connectivity index (χ1n) is 10.6. The van der Waals surface area contributed by atoms with Gasteiger partial charge in [0.15, 0.2) is 0 Å². The van der Waals surface area contributed by atoms with Crippen molar-refractivity contribution in [3.05, 3.63) is 71.9 Å². The molecular formula is C25H35Cl2N3. The first kappa shape index (κ1) is 24.7. The first-order chi connectivity index (χ1) is 13.6. The van der Waals surface area contributed by atoms with Crippen LogP contribution in [-0.2, 0) is 12.0 Å². The quantitative estimate of drug-likeness (QED) is 0.490. The van der Waals surface area contributed by atoms with E-state index in [1.807, 2.05) is 0 Å². The third-order valence-electron chi connectivity index (χ3n) is 6.70. The standard InChI is InChI=1S/C25H33N3.2ClH/c1-19(17-20-18-26-24-12-8-7-11-23(20)24)27-22-13-15-25(16-14-22,28(2)3)21-9-5-4-6-10-21;;/h4-12,18-19,22,26-27H,13-17H2,1-3H3;2*1H. The number of nitrogens with one attached hydrogen (secondary N) is 2. The van der Waals surface area contributed by atoms with Crippen LogP contribution in [0, 0.1) is 0 Å². The highest BCUT2D eigenvalue weighted by Gasteiger charge is 2.38. The van der Waals surface area contributed by atoms with E-state index in [4.69, 9.17) is 0 Å². The van der Waals surface area contributed by atoms with E-state index in [0.717, 1.165) is 6.42 Å². The van der Waals surface area contributed by atoms with Crippen LogP contribution in [0.3, 0.4) is 0 Å². The Kier molecular flexibility index (Phi) is 8.81. The van der Waals surface area contributed by atoms with Crippen molar-refractivity contribution < 1.29 is 0 Å². The molecule has 164 valence electrons. The van der Waals surface area contributed by atoms with Gasteiger partial charge in [-0.3, -0.25) is 4.90 Å². The molecule has 0 bridgehead atoms. The molecule has 1 heterocycles. The number of fused-ring (bicyclic) bond motifs is 1. The highest BCUT2D eigenvalue weighted by molar-refractivity contribution is 5.85. The van der Waals surface area contributed by atoms with E-state index >= 15 is 0 Å². The van der Waals surface area contributed by atoms with Crippen LogP contribution in [0.2, 0.25) is 0 Å². The molecule has 2 aromatic carbocycles. The van der Waals surface area contributed by atoms with Gasteiger partial charge in [0.05, 0.1) is 0 Å². The maximum absolute atomic E-state index is 3.92. The maximum atomic E-state index is 3.92. The van der Waals surface area contributed by atoms with Crippen molar-refractivity contribution in [2.24, 2.45) is 0 Å². The zero-order valence-electron chi connectivity index (χ0n) is 18.2. The van der Waals surface area contributed by atoms with Crippen LogP contribution < -0.4 is 5.32 Å². The molecular weight excluding hydrogens is 413 g/mol. The van der Waals surface area contributed by atoms with Gasteiger partial charge >= 0.3 is 0 Å². The number of aromatic amines is 1. The van der Waals surface area contributed by atoms with Gasteiger partial charge in [0.1, 0.15) is 0 Å². The van der Waals surface area contributed by atoms with Gasteiger partial charge in [-0.15, -0.1) is 24.8 Å². The minimum absolute atomic E-state index is 0. The summed E-state index contributed by atoms with van der Waals surface area (Å²) in [6, 6.07) is 20.8. The number of para-hydroxylation sites is 1. The smallest absolute Gasteiger partial charge is 0.0456 e. The molecule has 2 N–H and O–H groups in total. The topological polar surface area (TPSA) is 31.1 Å². The van der Waals surface area contributed by atoms with Gasteiger partial charge in [0, 0.05) is 34.7 Å². The highest BCUT2D eigenvalue weighted by atomic mass is 35.5. The molecule has 30 heavy (non-hydrogen) atoms. The monoisotopic (exact) mass is 447 g/mol. The fraction of sp³-hybridized carbons (Fsp3) is 0.440. The average molecular weight is 448 g/mol. The van der Waals surface area contributed by atoms with E-state index in [9.17, 15) is 0 Å². The minimum Gasteiger partial charge on any atom is -0.361 e. The van der Waals surface area contributed by atoms with Crippen LogP contribution in [0.15, 0.2) is 60.8 Å². The SMILES string of the molecule is CC(Cc1c[nH]c2ccccc12)NC1CCC(c2ccccc2)(N(C)C)CC1.Cl.Cl. The van der Waals surface area contributed by atoms with Crippen molar-refractivity contribution in [2.45, 2.75) is 56.7 Å². The summed E-state index contributed by atoms with van der Waals surface area (Å²) < 4.78 is 0. The van der Waals surface area contributed by atoms with Gasteiger partial charge in [0.25, 0.3) is 0 Å². The Morgan fingerprint density at radius 3 is 2.30 bits per heavy atom. The fourth-order valence-corrected chi connectivity index (χ4v) is 5.10. The normalized spacial score (nSPS) is 22.3. The van der Waals surface area contributed by atoms with E-state index in [1.165, 1.54) is 47.7 Å². The zero-order chi connectivity index (χ0) is 19.6. The molecule has 0 aliphatic heterocycles. The van der Waals surface area contributed by atoms with Crippen LogP contribution in [0.5, 0.6) is 0 Å². The van der Waals surface area contributed by atoms with Crippen molar-refractivity contribution in [1.82, 2.24) is 15.2 Å². The van der Waals surface area contributed by atoms with E-state index in [-0.39, 0.29) is 30.4 Å². The molecule has 1 aliphatic rings. The number of hydrogen-bond donors (Lipinski definition) is 2. The Labute approximate surface area is 193 Å². The van der Waals surface area contributed by atoms with Crippen molar-refractivity contribution in [3.63, 3.8) is 0 Å². The molecule has 0 saturated heterocycles. The fourth-order valence-electron chi connectivity index (χ4n) is 5.10. The molecule has 3 nitrogen and oxygen atoms in total. The second-order valence-corrected chi connectivity index (χ2v) is 8.70. The van der Waals surface area contributed by atoms with E-state index in [1.54, 1.807) is 0 Å². The summed E-state index contributed by atoms with van der Waals surface area (Å²) in [7, 11) is 4.47. The predicted octanol–water partition coefficient (Wildman–Crippen LogP) is 5.93. The maximum Gasteiger partial charge on any atom is 0.0456 e. The minimum atomic E-state index is 0. The number of rotatable bonds is 6. The summed E-state index contributed by atoms with van der Waals surface area (Å²) in [4.78, 5) is 5.84. The molecule has 1 saturated carbocycles. The summed E-state index contributed by atoms with van der Waals surface area (Å²) in [6.45, 7) is 2.33. The number of halogens is 2. The molecule has 0 amide bonds. The van der Waals surface area contributed by atoms with Gasteiger partial charge < -0.3 is 10.3 Å². The van der Waals surface area contributed by atoms with E-state index in [2.05, 4.69) is 97.0 Å². The number of H-pyrrole nitrogens is 1. The predicted molar refractivity (Wildman–Crippen MR) is 133 cm³/mol. The van der Waals surface area contributed by atoms with Crippen LogP contribution in [0.4, 0.5) is 0 Å². The Morgan fingerprint density at radius 2 is 1.63 bits per heavy atom. The summed E-state index contributed by atoms with van der Waals surface area (Å²) >= 11 is 0. The lowest BCUT2D eigenvalue weighted by Gasteiger charge is -2.46. The van der Waals surface area contributed by atoms with Crippen molar-refractivity contribution >= 4 is 35.7 Å². The number of hydrogen-bond acceptors (Lipinski definition) is 2. The Balaban J connectivity index is 0.00000160. The number of nitrogens with zero attached hydrogens (tertiary/aromatic N) is 1. The molecule has 1 fully saturated rings. The number of aromatic nitrogens is 1. The third-order valence-corrected chi connectivity index (χ3v) is 6.70. The summed E-state index contributed by atoms with van der Waals surface area (Å²) in [6.07, 6.45) is 8.12. The first-order valence-corrected chi connectivity index (χ1v) is 10.6. The highest BCUT2D eigenvalue weighted by Crippen LogP contribution is 2.41. The molecule has 3 aromatic rings. The number of benzene rings is 2. The van der Waals surface area contributed by atoms with Gasteiger partial charge in [-0.2, -0.15) is 0 Å². The lowest BCUT2D eigenvalue weighted by atomic mass is 9.74. The second-order valence-electron chi connectivity index (χ2n) is 8.70. The van der Waals surface area contributed by atoms with Gasteiger partial charge in [-0.1, -0.05) is 48.5 Å². The van der Waals surface area contributed by atoms with Crippen LogP contribution in [-0.4, -0.2) is 36.1 Å². The molecule has 0 radical (unpaired) electrons. The lowest BCUT2D eigenvalue weighted by molar-refractivity contribution is 0.0837. The Hall–Kier alpha value is -1.52. The van der Waals surface area contributed by atoms with E-state index in [0.29, 0.717) is 12.1 Å². The van der Waals surface area contributed by atoms with Crippen LogP contribution in [0.1, 0.15) is 43.7 Å². The molecule has 1 unspecified atom stereocenters. The third kappa shape index (κ3) is 5.03.